The molecule has 1 atom stereocenters. The van der Waals surface area contributed by atoms with Gasteiger partial charge in [0.25, 0.3) is 0 Å². The van der Waals surface area contributed by atoms with Gasteiger partial charge < -0.3 is 0 Å². The van der Waals surface area contributed by atoms with Gasteiger partial charge in [-0.05, 0) is 24.7 Å². The Morgan fingerprint density at radius 2 is 1.45 bits per heavy atom. The predicted octanol–water partition coefficient (Wildman–Crippen LogP) is 3.88. The van der Waals surface area contributed by atoms with Crippen LogP contribution in [0, 0.1) is 17.8 Å². The van der Waals surface area contributed by atoms with Crippen molar-refractivity contribution < 1.29 is 0 Å². The molecule has 0 radical (unpaired) electrons. The zero-order chi connectivity index (χ0) is 9.02. The van der Waals surface area contributed by atoms with Gasteiger partial charge in [0, 0.05) is 0 Å². The number of hydrogen-bond acceptors (Lipinski definition) is 0. The second kappa shape index (κ2) is 4.58. The molecule has 0 rings (SSSR count). The van der Waals surface area contributed by atoms with E-state index in [1.165, 1.54) is 5.57 Å². The average molecular weight is 154 g/mol. The molecular formula is C11H22. The van der Waals surface area contributed by atoms with Gasteiger partial charge >= 0.3 is 0 Å². The van der Waals surface area contributed by atoms with Crippen molar-refractivity contribution >= 4 is 0 Å². The Kier molecular flexibility index (Phi) is 4.48. The number of hydrogen-bond donors (Lipinski definition) is 0. The lowest BCUT2D eigenvalue weighted by molar-refractivity contribution is 0.476. The lowest BCUT2D eigenvalue weighted by atomic mass is 9.89. The summed E-state index contributed by atoms with van der Waals surface area (Å²) in [4.78, 5) is 0. The van der Waals surface area contributed by atoms with Crippen molar-refractivity contribution in [3.63, 3.8) is 0 Å². The molecule has 0 amide bonds. The second-order valence-electron chi connectivity index (χ2n) is 4.19. The molecule has 66 valence electrons. The molecule has 0 N–H and O–H groups in total. The van der Waals surface area contributed by atoms with Gasteiger partial charge in [0.1, 0.15) is 0 Å². The Morgan fingerprint density at radius 1 is 1.00 bits per heavy atom. The van der Waals surface area contributed by atoms with E-state index in [2.05, 4.69) is 47.6 Å². The normalized spacial score (nSPS) is 16.2. The predicted molar refractivity (Wildman–Crippen MR) is 52.6 cm³/mol. The minimum Gasteiger partial charge on any atom is -0.0828 e. The molecule has 0 aliphatic heterocycles. The first-order valence-corrected chi connectivity index (χ1v) is 4.63. The van der Waals surface area contributed by atoms with Crippen molar-refractivity contribution in [3.05, 3.63) is 11.6 Å². The van der Waals surface area contributed by atoms with E-state index in [1.807, 2.05) is 0 Å². The SMILES string of the molecule is C/C(=C/C(C)C)[C@@H](C)C(C)C. The Bertz CT molecular complexity index is 129. The lowest BCUT2D eigenvalue weighted by Crippen LogP contribution is -2.05. The summed E-state index contributed by atoms with van der Waals surface area (Å²) < 4.78 is 0. The van der Waals surface area contributed by atoms with Gasteiger partial charge in [0.05, 0.1) is 0 Å². The standard InChI is InChI=1S/C11H22/c1-8(2)7-10(5)11(6)9(3)4/h7-9,11H,1-6H3/b10-7-/t11-/m0/s1. The van der Waals surface area contributed by atoms with E-state index < -0.39 is 0 Å². The summed E-state index contributed by atoms with van der Waals surface area (Å²) in [5.41, 5.74) is 1.54. The van der Waals surface area contributed by atoms with Gasteiger partial charge in [-0.2, -0.15) is 0 Å². The highest BCUT2D eigenvalue weighted by molar-refractivity contribution is 5.04. The van der Waals surface area contributed by atoms with Crippen LogP contribution >= 0.6 is 0 Å². The van der Waals surface area contributed by atoms with E-state index in [-0.39, 0.29) is 0 Å². The quantitative estimate of drug-likeness (QED) is 0.541. The van der Waals surface area contributed by atoms with Crippen molar-refractivity contribution in [1.29, 1.82) is 0 Å². The third-order valence-corrected chi connectivity index (χ3v) is 2.31. The summed E-state index contributed by atoms with van der Waals surface area (Å²) in [6, 6.07) is 0. The van der Waals surface area contributed by atoms with Crippen molar-refractivity contribution in [2.24, 2.45) is 17.8 Å². The third kappa shape index (κ3) is 4.23. The largest absolute Gasteiger partial charge is 0.0828 e. The van der Waals surface area contributed by atoms with E-state index in [0.717, 1.165) is 11.8 Å². The topological polar surface area (TPSA) is 0 Å². The smallest absolute Gasteiger partial charge is 0.0211 e. The van der Waals surface area contributed by atoms with Gasteiger partial charge in [-0.3, -0.25) is 0 Å². The number of rotatable bonds is 3. The van der Waals surface area contributed by atoms with Gasteiger partial charge in [-0.15, -0.1) is 0 Å². The second-order valence-corrected chi connectivity index (χ2v) is 4.19. The summed E-state index contributed by atoms with van der Waals surface area (Å²) in [6.45, 7) is 13.6. The zero-order valence-electron chi connectivity index (χ0n) is 8.81. The maximum atomic E-state index is 2.37. The molecule has 0 heteroatoms. The highest BCUT2D eigenvalue weighted by atomic mass is 14.1. The fourth-order valence-corrected chi connectivity index (χ4v) is 1.20. The average Bonchev–Trinajstić information content (AvgIpc) is 1.84. The van der Waals surface area contributed by atoms with Crippen LogP contribution in [-0.4, -0.2) is 0 Å². The van der Waals surface area contributed by atoms with Gasteiger partial charge in [-0.1, -0.05) is 46.3 Å². The van der Waals surface area contributed by atoms with Gasteiger partial charge in [-0.25, -0.2) is 0 Å². The van der Waals surface area contributed by atoms with E-state index in [0.29, 0.717) is 5.92 Å². The number of allylic oxidation sites excluding steroid dienone is 2. The molecule has 0 aromatic heterocycles. The molecule has 0 heterocycles. The summed E-state index contributed by atoms with van der Waals surface area (Å²) in [5.74, 6) is 2.19. The molecule has 0 bridgehead atoms. The van der Waals surface area contributed by atoms with E-state index in [9.17, 15) is 0 Å². The molecule has 0 unspecified atom stereocenters. The van der Waals surface area contributed by atoms with Crippen LogP contribution in [0.25, 0.3) is 0 Å². The van der Waals surface area contributed by atoms with Gasteiger partial charge in [0.2, 0.25) is 0 Å². The molecule has 0 saturated heterocycles. The van der Waals surface area contributed by atoms with Gasteiger partial charge in [0.15, 0.2) is 0 Å². The van der Waals surface area contributed by atoms with Crippen LogP contribution < -0.4 is 0 Å². The van der Waals surface area contributed by atoms with Crippen LogP contribution in [0.2, 0.25) is 0 Å². The Labute approximate surface area is 71.7 Å². The first-order chi connectivity index (χ1) is 4.95. The summed E-state index contributed by atoms with van der Waals surface area (Å²) in [6.07, 6.45) is 2.37. The molecule has 0 aromatic rings. The first kappa shape index (κ1) is 10.7. The fraction of sp³-hybridized carbons (Fsp3) is 0.818. The van der Waals surface area contributed by atoms with Crippen LogP contribution in [-0.2, 0) is 0 Å². The van der Waals surface area contributed by atoms with E-state index >= 15 is 0 Å². The van der Waals surface area contributed by atoms with E-state index in [4.69, 9.17) is 0 Å². The Hall–Kier alpha value is -0.260. The minimum atomic E-state index is 0.691. The molecule has 0 saturated carbocycles. The summed E-state index contributed by atoms with van der Waals surface area (Å²) >= 11 is 0. The molecule has 11 heavy (non-hydrogen) atoms. The van der Waals surface area contributed by atoms with Crippen LogP contribution in [0.3, 0.4) is 0 Å². The van der Waals surface area contributed by atoms with Crippen molar-refractivity contribution in [1.82, 2.24) is 0 Å². The Morgan fingerprint density at radius 3 is 1.73 bits per heavy atom. The molecule has 0 aromatic carbocycles. The Balaban J connectivity index is 4.11. The molecule has 0 aliphatic rings. The van der Waals surface area contributed by atoms with Crippen LogP contribution in [0.1, 0.15) is 41.5 Å². The highest BCUT2D eigenvalue weighted by Crippen LogP contribution is 2.20. The maximum absolute atomic E-state index is 2.37. The monoisotopic (exact) mass is 154 g/mol. The van der Waals surface area contributed by atoms with Crippen LogP contribution in [0.4, 0.5) is 0 Å². The molecule has 0 nitrogen and oxygen atoms in total. The van der Waals surface area contributed by atoms with Crippen molar-refractivity contribution in [3.8, 4) is 0 Å². The molecular weight excluding hydrogens is 132 g/mol. The molecule has 0 fully saturated rings. The fourth-order valence-electron chi connectivity index (χ4n) is 1.20. The van der Waals surface area contributed by atoms with Crippen LogP contribution in [0.5, 0.6) is 0 Å². The first-order valence-electron chi connectivity index (χ1n) is 4.63. The highest BCUT2D eigenvalue weighted by Gasteiger charge is 2.08. The molecule has 0 spiro atoms. The maximum Gasteiger partial charge on any atom is -0.0211 e. The summed E-state index contributed by atoms with van der Waals surface area (Å²) in [7, 11) is 0. The lowest BCUT2D eigenvalue weighted by Gasteiger charge is -2.17. The zero-order valence-corrected chi connectivity index (χ0v) is 8.81. The van der Waals surface area contributed by atoms with Crippen molar-refractivity contribution in [2.75, 3.05) is 0 Å². The van der Waals surface area contributed by atoms with E-state index in [1.54, 1.807) is 0 Å². The minimum absolute atomic E-state index is 0.691. The third-order valence-electron chi connectivity index (χ3n) is 2.31. The van der Waals surface area contributed by atoms with Crippen LogP contribution in [0.15, 0.2) is 11.6 Å². The molecule has 0 aliphatic carbocycles. The summed E-state index contributed by atoms with van der Waals surface area (Å²) in [5, 5.41) is 0. The van der Waals surface area contributed by atoms with Crippen molar-refractivity contribution in [2.45, 2.75) is 41.5 Å².